The maximum Gasteiger partial charge on any atom is 0.412 e. The van der Waals surface area contributed by atoms with Gasteiger partial charge in [-0.2, -0.15) is 13.2 Å². The lowest BCUT2D eigenvalue weighted by Crippen LogP contribution is -2.57. The number of carbonyl (C=O) groups excluding carboxylic acids is 2. The van der Waals surface area contributed by atoms with Crippen LogP contribution in [0.4, 0.5) is 13.2 Å². The number of hydrogen-bond acceptors (Lipinski definition) is 6. The maximum atomic E-state index is 13.5. The van der Waals surface area contributed by atoms with Crippen LogP contribution >= 0.6 is 0 Å². The van der Waals surface area contributed by atoms with E-state index >= 15 is 0 Å². The smallest absolute Gasteiger partial charge is 0.412 e. The van der Waals surface area contributed by atoms with E-state index in [1.165, 1.54) is 13.2 Å². The Labute approximate surface area is 234 Å². The summed E-state index contributed by atoms with van der Waals surface area (Å²) in [5, 5.41) is 11.2. The molecule has 1 saturated carbocycles. The molecule has 3 aliphatic carbocycles. The molecule has 1 spiro atoms. The minimum Gasteiger partial charge on any atom is -0.469 e. The molecule has 1 N–H and O–H groups in total. The summed E-state index contributed by atoms with van der Waals surface area (Å²) in [4.78, 5) is 32.3. The quantitative estimate of drug-likeness (QED) is 0.335. The van der Waals surface area contributed by atoms with Gasteiger partial charge in [-0.25, -0.2) is 0 Å². The average Bonchev–Trinajstić information content (AvgIpc) is 3.13. The summed E-state index contributed by atoms with van der Waals surface area (Å²) in [6.45, 7) is 6.81. The molecule has 4 rings (SSSR count). The SMILES string of the molecule is COC(=O)C1C=CC(C(O)CN2CC(=O)C(C3=CCC=C(C(F)(F)F)C3)=NC23CCCC(C(C)(C)C)CC3)=CC1. The zero-order chi connectivity index (χ0) is 29.3. The summed E-state index contributed by atoms with van der Waals surface area (Å²) < 4.78 is 45.4. The minimum atomic E-state index is -4.44. The van der Waals surface area contributed by atoms with Crippen LogP contribution in [0, 0.1) is 17.3 Å². The summed E-state index contributed by atoms with van der Waals surface area (Å²) in [7, 11) is 1.34. The van der Waals surface area contributed by atoms with Gasteiger partial charge in [-0.05, 0) is 67.4 Å². The number of ether oxygens (including phenoxy) is 1. The summed E-state index contributed by atoms with van der Waals surface area (Å²) in [5.74, 6) is -0.603. The topological polar surface area (TPSA) is 79.2 Å². The van der Waals surface area contributed by atoms with Gasteiger partial charge in [0.1, 0.15) is 11.4 Å². The van der Waals surface area contributed by atoms with Crippen molar-refractivity contribution in [2.75, 3.05) is 20.2 Å². The van der Waals surface area contributed by atoms with Gasteiger partial charge in [-0.1, -0.05) is 51.2 Å². The lowest BCUT2D eigenvalue weighted by atomic mass is 9.76. The second kappa shape index (κ2) is 11.8. The molecule has 1 heterocycles. The van der Waals surface area contributed by atoms with Crippen LogP contribution in [-0.4, -0.2) is 65.6 Å². The molecule has 40 heavy (non-hydrogen) atoms. The van der Waals surface area contributed by atoms with Gasteiger partial charge >= 0.3 is 12.1 Å². The molecule has 0 amide bonds. The highest BCUT2D eigenvalue weighted by Gasteiger charge is 2.46. The Morgan fingerprint density at radius 3 is 2.58 bits per heavy atom. The highest BCUT2D eigenvalue weighted by atomic mass is 19.4. The number of nitrogens with zero attached hydrogens (tertiary/aromatic N) is 2. The van der Waals surface area contributed by atoms with Crippen molar-refractivity contribution in [1.82, 2.24) is 4.90 Å². The zero-order valence-corrected chi connectivity index (χ0v) is 23.9. The fourth-order valence-electron chi connectivity index (χ4n) is 6.44. The Kier molecular flexibility index (Phi) is 8.95. The fourth-order valence-corrected chi connectivity index (χ4v) is 6.44. The van der Waals surface area contributed by atoms with Crippen molar-refractivity contribution in [3.63, 3.8) is 0 Å². The highest BCUT2D eigenvalue weighted by Crippen LogP contribution is 2.44. The Morgan fingerprint density at radius 1 is 1.20 bits per heavy atom. The van der Waals surface area contributed by atoms with Gasteiger partial charge in [-0.3, -0.25) is 19.5 Å². The maximum absolute atomic E-state index is 13.5. The van der Waals surface area contributed by atoms with E-state index in [9.17, 15) is 27.9 Å². The number of β-amino-alcohol motifs (C(OH)–C–C–N with tert-alkyl or cyclic N) is 1. The van der Waals surface area contributed by atoms with E-state index in [-0.39, 0.29) is 48.8 Å². The van der Waals surface area contributed by atoms with Gasteiger partial charge in [0.15, 0.2) is 5.78 Å². The van der Waals surface area contributed by atoms with Gasteiger partial charge in [0, 0.05) is 18.5 Å². The molecule has 1 aliphatic heterocycles. The number of carbonyl (C=O) groups is 2. The van der Waals surface area contributed by atoms with Gasteiger partial charge in [0.25, 0.3) is 0 Å². The molecule has 0 radical (unpaired) electrons. The minimum absolute atomic E-state index is 0.0136. The third kappa shape index (κ3) is 6.68. The van der Waals surface area contributed by atoms with Crippen LogP contribution < -0.4 is 0 Å². The molecular formula is C31H41F3N2O4. The van der Waals surface area contributed by atoms with Crippen molar-refractivity contribution in [2.24, 2.45) is 22.2 Å². The number of ketones is 1. The van der Waals surface area contributed by atoms with Crippen molar-refractivity contribution in [2.45, 2.75) is 90.1 Å². The second-order valence-corrected chi connectivity index (χ2v) is 12.6. The molecule has 4 aliphatic rings. The number of aliphatic imine (C=N–C) groups is 1. The molecule has 0 aromatic rings. The molecule has 1 fully saturated rings. The number of halogens is 3. The molecule has 9 heteroatoms. The Bertz CT molecular complexity index is 1160. The number of aliphatic hydroxyl groups is 1. The molecule has 4 unspecified atom stereocenters. The van der Waals surface area contributed by atoms with Crippen molar-refractivity contribution in [3.05, 3.63) is 47.1 Å². The zero-order valence-electron chi connectivity index (χ0n) is 23.9. The molecule has 0 aromatic carbocycles. The lowest BCUT2D eigenvalue weighted by molar-refractivity contribution is -0.143. The first-order valence-corrected chi connectivity index (χ1v) is 14.2. The summed E-state index contributed by atoms with van der Waals surface area (Å²) in [5.41, 5.74) is -0.150. The first-order valence-electron chi connectivity index (χ1n) is 14.2. The predicted molar refractivity (Wildman–Crippen MR) is 148 cm³/mol. The largest absolute Gasteiger partial charge is 0.469 e. The number of Topliss-reactive ketones (excluding diaryl/α,β-unsaturated/α-hetero) is 1. The van der Waals surface area contributed by atoms with E-state index in [0.29, 0.717) is 36.3 Å². The average molecular weight is 563 g/mol. The number of methoxy groups -OCH3 is 1. The van der Waals surface area contributed by atoms with E-state index in [0.717, 1.165) is 19.3 Å². The standard InChI is InChI=1S/C31H41F3N2O4/c1-29(2,3)23-9-6-15-30(16-14-23)35-27(22-7-5-8-24(17-22)31(32,33)34)26(38)19-36(30)18-25(37)20-10-12-21(13-11-20)28(39)40-4/h7-8,10-12,21,23,25,37H,5-6,9,13-19H2,1-4H3. The molecular weight excluding hydrogens is 521 g/mol. The van der Waals surface area contributed by atoms with E-state index < -0.39 is 29.4 Å². The summed E-state index contributed by atoms with van der Waals surface area (Å²) in [6, 6.07) is 0. The first kappa shape index (κ1) is 30.4. The number of allylic oxidation sites excluding steroid dienone is 5. The molecule has 4 atom stereocenters. The Hall–Kier alpha value is -2.52. The van der Waals surface area contributed by atoms with Gasteiger partial charge in [0.2, 0.25) is 0 Å². The van der Waals surface area contributed by atoms with Gasteiger partial charge in [0.05, 0.1) is 25.7 Å². The van der Waals surface area contributed by atoms with Crippen LogP contribution in [0.5, 0.6) is 0 Å². The summed E-state index contributed by atoms with van der Waals surface area (Å²) >= 11 is 0. The molecule has 6 nitrogen and oxygen atoms in total. The van der Waals surface area contributed by atoms with Crippen LogP contribution in [0.25, 0.3) is 0 Å². The monoisotopic (exact) mass is 562 g/mol. The normalized spacial score (nSPS) is 29.2. The molecule has 0 saturated heterocycles. The van der Waals surface area contributed by atoms with Crippen molar-refractivity contribution in [3.8, 4) is 0 Å². The van der Waals surface area contributed by atoms with Crippen LogP contribution in [-0.2, 0) is 14.3 Å². The number of hydrogen-bond donors (Lipinski definition) is 1. The van der Waals surface area contributed by atoms with E-state index in [1.54, 1.807) is 18.2 Å². The predicted octanol–water partition coefficient (Wildman–Crippen LogP) is 5.88. The van der Waals surface area contributed by atoms with Crippen LogP contribution in [0.15, 0.2) is 52.1 Å². The van der Waals surface area contributed by atoms with Crippen molar-refractivity contribution < 1.29 is 32.6 Å². The molecule has 0 aromatic heterocycles. The van der Waals surface area contributed by atoms with Gasteiger partial charge in [-0.15, -0.1) is 0 Å². The van der Waals surface area contributed by atoms with Crippen molar-refractivity contribution >= 4 is 17.5 Å². The Balaban J connectivity index is 1.62. The first-order chi connectivity index (χ1) is 18.7. The number of rotatable bonds is 5. The second-order valence-electron chi connectivity index (χ2n) is 12.6. The van der Waals surface area contributed by atoms with Crippen LogP contribution in [0.1, 0.15) is 72.1 Å². The number of alkyl halides is 3. The van der Waals surface area contributed by atoms with Crippen LogP contribution in [0.2, 0.25) is 0 Å². The number of esters is 1. The van der Waals surface area contributed by atoms with E-state index in [4.69, 9.17) is 9.73 Å². The van der Waals surface area contributed by atoms with Crippen LogP contribution in [0.3, 0.4) is 0 Å². The number of aliphatic hydroxyl groups excluding tert-OH is 1. The van der Waals surface area contributed by atoms with E-state index in [2.05, 4.69) is 20.8 Å². The highest BCUT2D eigenvalue weighted by molar-refractivity contribution is 6.47. The van der Waals surface area contributed by atoms with Gasteiger partial charge < -0.3 is 9.84 Å². The van der Waals surface area contributed by atoms with E-state index in [1.807, 2.05) is 11.0 Å². The third-order valence-corrected chi connectivity index (χ3v) is 8.94. The summed E-state index contributed by atoms with van der Waals surface area (Å²) in [6.07, 6.45) is 7.03. The third-order valence-electron chi connectivity index (χ3n) is 8.94. The fraction of sp³-hybridized carbons (Fsp3) is 0.645. The Morgan fingerprint density at radius 2 is 1.95 bits per heavy atom. The lowest BCUT2D eigenvalue weighted by Gasteiger charge is -2.45. The molecule has 0 bridgehead atoms. The van der Waals surface area contributed by atoms with Crippen molar-refractivity contribution in [1.29, 1.82) is 0 Å². The molecule has 220 valence electrons.